The molecule has 2 nitrogen and oxygen atoms in total. The molecule has 2 aromatic heterocycles. The molecule has 0 radical (unpaired) electrons. The summed E-state index contributed by atoms with van der Waals surface area (Å²) in [5, 5.41) is 7.68. The molecule has 236 valence electrons. The monoisotopic (exact) mass is 674 g/mol. The van der Waals surface area contributed by atoms with Gasteiger partial charge in [-0.25, -0.2) is 0 Å². The zero-order valence-corrected chi connectivity index (χ0v) is 28.7. The molecule has 0 saturated heterocycles. The summed E-state index contributed by atoms with van der Waals surface area (Å²) in [6, 6.07) is 66.1. The zero-order valence-electron chi connectivity index (χ0n) is 27.0. The van der Waals surface area contributed by atoms with Crippen LogP contribution in [0.2, 0.25) is 0 Å². The predicted octanol–water partition coefficient (Wildman–Crippen LogP) is 14.5. The summed E-state index contributed by atoms with van der Waals surface area (Å²) in [7, 11) is 0. The van der Waals surface area contributed by atoms with Crippen LogP contribution in [0.3, 0.4) is 0 Å². The second-order valence-electron chi connectivity index (χ2n) is 12.5. The Kier molecular flexibility index (Phi) is 6.90. The molecule has 0 atom stereocenters. The molecule has 4 heteroatoms. The van der Waals surface area contributed by atoms with Gasteiger partial charge in [-0.05, 0) is 77.5 Å². The van der Waals surface area contributed by atoms with Crippen LogP contribution in [0.1, 0.15) is 0 Å². The van der Waals surface area contributed by atoms with Gasteiger partial charge in [0, 0.05) is 52.7 Å². The summed E-state index contributed by atoms with van der Waals surface area (Å²) >= 11 is 3.74. The first-order valence-corrected chi connectivity index (χ1v) is 18.5. The van der Waals surface area contributed by atoms with E-state index in [1.807, 2.05) is 22.7 Å². The fourth-order valence-electron chi connectivity index (χ4n) is 7.47. The van der Waals surface area contributed by atoms with Gasteiger partial charge < -0.3 is 9.80 Å². The molecular formula is C46H30N2S2. The number of nitrogens with zero attached hydrogens (tertiary/aromatic N) is 2. The third-order valence-corrected chi connectivity index (χ3v) is 11.9. The molecule has 0 amide bonds. The lowest BCUT2D eigenvalue weighted by molar-refractivity contribution is 1.25. The molecule has 0 N–H and O–H groups in total. The average molecular weight is 675 g/mol. The molecule has 8 aromatic carbocycles. The summed E-state index contributed by atoms with van der Waals surface area (Å²) in [5.74, 6) is 0. The maximum atomic E-state index is 2.48. The minimum atomic E-state index is 1.11. The first-order valence-electron chi connectivity index (χ1n) is 16.9. The smallest absolute Gasteiger partial charge is 0.0883 e. The molecule has 0 saturated carbocycles. The normalized spacial score (nSPS) is 11.6. The highest BCUT2D eigenvalue weighted by Crippen LogP contribution is 2.54. The van der Waals surface area contributed by atoms with Crippen LogP contribution >= 0.6 is 22.7 Å². The van der Waals surface area contributed by atoms with E-state index in [9.17, 15) is 0 Å². The maximum Gasteiger partial charge on any atom is 0.0883 e. The number of para-hydroxylation sites is 3. The van der Waals surface area contributed by atoms with E-state index in [1.165, 1.54) is 56.8 Å². The Morgan fingerprint density at radius 2 is 0.900 bits per heavy atom. The van der Waals surface area contributed by atoms with Crippen molar-refractivity contribution in [3.63, 3.8) is 0 Å². The minimum absolute atomic E-state index is 1.11. The van der Waals surface area contributed by atoms with Crippen LogP contribution in [0.15, 0.2) is 182 Å². The number of benzene rings is 8. The first kappa shape index (κ1) is 29.0. The number of anilines is 6. The van der Waals surface area contributed by atoms with Gasteiger partial charge in [-0.1, -0.05) is 115 Å². The number of thiophene rings is 2. The van der Waals surface area contributed by atoms with E-state index < -0.39 is 0 Å². The van der Waals surface area contributed by atoms with Crippen molar-refractivity contribution in [2.24, 2.45) is 0 Å². The van der Waals surface area contributed by atoms with Gasteiger partial charge >= 0.3 is 0 Å². The highest BCUT2D eigenvalue weighted by atomic mass is 32.1. The fourth-order valence-corrected chi connectivity index (χ4v) is 9.85. The van der Waals surface area contributed by atoms with Gasteiger partial charge in [0.2, 0.25) is 0 Å². The van der Waals surface area contributed by atoms with Crippen LogP contribution in [0.5, 0.6) is 0 Å². The Balaban J connectivity index is 1.38. The molecule has 0 aliphatic heterocycles. The lowest BCUT2D eigenvalue weighted by Gasteiger charge is -2.34. The average Bonchev–Trinajstić information content (AvgIpc) is 3.76. The van der Waals surface area contributed by atoms with E-state index in [-0.39, 0.29) is 0 Å². The Bertz CT molecular complexity index is 2780. The van der Waals surface area contributed by atoms with Crippen molar-refractivity contribution in [1.29, 1.82) is 0 Å². The van der Waals surface area contributed by atoms with Gasteiger partial charge in [0.25, 0.3) is 0 Å². The largest absolute Gasteiger partial charge is 0.308 e. The summed E-state index contributed by atoms with van der Waals surface area (Å²) in [5.41, 5.74) is 6.78. The van der Waals surface area contributed by atoms with Gasteiger partial charge in [0.15, 0.2) is 0 Å². The van der Waals surface area contributed by atoms with E-state index in [0.29, 0.717) is 0 Å². The number of rotatable bonds is 6. The quantitative estimate of drug-likeness (QED) is 0.173. The third kappa shape index (κ3) is 4.61. The first-order chi connectivity index (χ1) is 24.8. The van der Waals surface area contributed by atoms with Crippen LogP contribution in [0, 0.1) is 0 Å². The molecule has 0 aliphatic carbocycles. The van der Waals surface area contributed by atoms with Gasteiger partial charge in [-0.3, -0.25) is 0 Å². The number of fused-ring (bicyclic) bond motifs is 8. The van der Waals surface area contributed by atoms with Crippen LogP contribution < -0.4 is 9.80 Å². The van der Waals surface area contributed by atoms with E-state index >= 15 is 0 Å². The summed E-state index contributed by atoms with van der Waals surface area (Å²) in [6.07, 6.45) is 0. The van der Waals surface area contributed by atoms with E-state index in [2.05, 4.69) is 192 Å². The van der Waals surface area contributed by atoms with Gasteiger partial charge in [-0.15, -0.1) is 22.7 Å². The summed E-state index contributed by atoms with van der Waals surface area (Å²) in [4.78, 5) is 4.94. The number of hydrogen-bond acceptors (Lipinski definition) is 4. The second-order valence-corrected chi connectivity index (χ2v) is 14.6. The van der Waals surface area contributed by atoms with Crippen molar-refractivity contribution >= 4 is 108 Å². The molecule has 0 unspecified atom stereocenters. The molecule has 0 bridgehead atoms. The van der Waals surface area contributed by atoms with Crippen molar-refractivity contribution in [3.05, 3.63) is 182 Å². The van der Waals surface area contributed by atoms with Crippen molar-refractivity contribution in [3.8, 4) is 0 Å². The molecule has 50 heavy (non-hydrogen) atoms. The Morgan fingerprint density at radius 1 is 0.320 bits per heavy atom. The Hall–Kier alpha value is -5.94. The molecule has 0 aliphatic rings. The lowest BCUT2D eigenvalue weighted by atomic mass is 10.0. The Morgan fingerprint density at radius 3 is 1.62 bits per heavy atom. The number of hydrogen-bond donors (Lipinski definition) is 0. The summed E-state index contributed by atoms with van der Waals surface area (Å²) < 4.78 is 5.12. The van der Waals surface area contributed by atoms with Crippen molar-refractivity contribution in [1.82, 2.24) is 0 Å². The molecule has 0 spiro atoms. The molecule has 2 heterocycles. The third-order valence-electron chi connectivity index (χ3n) is 9.61. The molecule has 0 fully saturated rings. The second kappa shape index (κ2) is 11.9. The SMILES string of the molecule is c1ccc(N(c2ccccc2)c2c(N(c3ccccc3)c3cccc4sc5ccccc5c34)ccc3c2sc2ccc4ccccc4c23)cc1. The van der Waals surface area contributed by atoms with E-state index in [4.69, 9.17) is 0 Å². The van der Waals surface area contributed by atoms with Crippen LogP contribution in [0.4, 0.5) is 34.1 Å². The minimum Gasteiger partial charge on any atom is -0.308 e. The van der Waals surface area contributed by atoms with Gasteiger partial charge in [0.05, 0.1) is 21.8 Å². The standard InChI is InChI=1S/C46H30N2S2/c1-4-16-32(17-5-1)47(33-18-6-2-7-19-33)45-39(29-28-37-43-35-22-11-10-15-31(35)27-30-42(43)50-46(37)45)48(34-20-8-3-9-21-34)38-24-14-26-41-44(38)36-23-12-13-25-40(36)49-41/h1-30H. The van der Waals surface area contributed by atoms with E-state index in [0.717, 1.165) is 28.4 Å². The Labute approximate surface area is 298 Å². The van der Waals surface area contributed by atoms with E-state index in [1.54, 1.807) is 0 Å². The predicted molar refractivity (Wildman–Crippen MR) is 219 cm³/mol. The van der Waals surface area contributed by atoms with Crippen molar-refractivity contribution < 1.29 is 0 Å². The maximum absolute atomic E-state index is 2.48. The highest BCUT2D eigenvalue weighted by Gasteiger charge is 2.28. The van der Waals surface area contributed by atoms with Crippen LogP contribution in [-0.2, 0) is 0 Å². The van der Waals surface area contributed by atoms with Crippen LogP contribution in [0.25, 0.3) is 51.1 Å². The zero-order chi connectivity index (χ0) is 33.0. The molecular weight excluding hydrogens is 645 g/mol. The topological polar surface area (TPSA) is 6.48 Å². The molecule has 10 aromatic rings. The van der Waals surface area contributed by atoms with Crippen LogP contribution in [-0.4, -0.2) is 0 Å². The highest BCUT2D eigenvalue weighted by molar-refractivity contribution is 7.27. The lowest BCUT2D eigenvalue weighted by Crippen LogP contribution is -2.17. The molecule has 10 rings (SSSR count). The van der Waals surface area contributed by atoms with Crippen molar-refractivity contribution in [2.75, 3.05) is 9.80 Å². The summed E-state index contributed by atoms with van der Waals surface area (Å²) in [6.45, 7) is 0. The fraction of sp³-hybridized carbons (Fsp3) is 0. The van der Waals surface area contributed by atoms with Gasteiger partial charge in [0.1, 0.15) is 0 Å². The van der Waals surface area contributed by atoms with Crippen molar-refractivity contribution in [2.45, 2.75) is 0 Å². The van der Waals surface area contributed by atoms with Gasteiger partial charge in [-0.2, -0.15) is 0 Å².